The highest BCUT2D eigenvalue weighted by atomic mass is 32.2. The second kappa shape index (κ2) is 5.85. The normalized spacial score (nSPS) is 15.7. The van der Waals surface area contributed by atoms with Crippen LogP contribution in [0.15, 0.2) is 64.5 Å². The summed E-state index contributed by atoms with van der Waals surface area (Å²) in [5.74, 6) is 0. The van der Waals surface area contributed by atoms with Gasteiger partial charge in [-0.25, -0.2) is 4.98 Å². The second-order valence-corrected chi connectivity index (χ2v) is 7.30. The van der Waals surface area contributed by atoms with Gasteiger partial charge in [0.2, 0.25) is 0 Å². The summed E-state index contributed by atoms with van der Waals surface area (Å²) < 4.78 is 1.91. The number of nitrogens with zero attached hydrogens (tertiary/aromatic N) is 2. The summed E-state index contributed by atoms with van der Waals surface area (Å²) in [5.41, 5.74) is 2.14. The molecule has 1 aliphatic carbocycles. The quantitative estimate of drug-likeness (QED) is 0.521. The Labute approximate surface area is 139 Å². The van der Waals surface area contributed by atoms with Crippen LogP contribution in [0, 0.1) is 0 Å². The minimum atomic E-state index is 0.0980. The predicted octanol–water partition coefficient (Wildman–Crippen LogP) is 4.58. The first-order chi connectivity index (χ1) is 11.2. The third kappa shape index (κ3) is 2.79. The van der Waals surface area contributed by atoms with E-state index in [4.69, 9.17) is 4.98 Å². The predicted molar refractivity (Wildman–Crippen MR) is 95.0 cm³/mol. The average Bonchev–Trinajstić information content (AvgIpc) is 3.41. The lowest BCUT2D eigenvalue weighted by Crippen LogP contribution is -2.22. The average molecular weight is 322 g/mol. The Bertz CT molecular complexity index is 900. The van der Waals surface area contributed by atoms with Crippen molar-refractivity contribution >= 4 is 22.7 Å². The first-order valence-electron chi connectivity index (χ1n) is 7.97. The van der Waals surface area contributed by atoms with Crippen LogP contribution in [0.1, 0.15) is 36.6 Å². The van der Waals surface area contributed by atoms with Gasteiger partial charge in [0.25, 0.3) is 5.56 Å². The molecule has 116 valence electrons. The van der Waals surface area contributed by atoms with Gasteiger partial charge in [-0.05, 0) is 37.5 Å². The molecule has 4 heteroatoms. The molecular weight excluding hydrogens is 304 g/mol. The summed E-state index contributed by atoms with van der Waals surface area (Å²) in [5, 5.41) is 1.82. The van der Waals surface area contributed by atoms with E-state index in [1.807, 2.05) is 47.0 Å². The topological polar surface area (TPSA) is 34.9 Å². The highest BCUT2D eigenvalue weighted by Gasteiger charge is 2.29. The lowest BCUT2D eigenvalue weighted by Gasteiger charge is -2.16. The number of hydrogen-bond donors (Lipinski definition) is 0. The molecule has 0 N–H and O–H groups in total. The Morgan fingerprint density at radius 1 is 1.09 bits per heavy atom. The minimum absolute atomic E-state index is 0.0980. The fourth-order valence-corrected chi connectivity index (χ4v) is 3.92. The van der Waals surface area contributed by atoms with Crippen molar-refractivity contribution in [3.8, 4) is 0 Å². The van der Waals surface area contributed by atoms with Gasteiger partial charge >= 0.3 is 0 Å². The van der Waals surface area contributed by atoms with E-state index >= 15 is 0 Å². The number of aromatic nitrogens is 2. The molecule has 4 rings (SSSR count). The van der Waals surface area contributed by atoms with Crippen LogP contribution in [0.2, 0.25) is 0 Å². The lowest BCUT2D eigenvalue weighted by atomic mass is 10.2. The molecule has 1 aromatic heterocycles. The second-order valence-electron chi connectivity index (χ2n) is 5.99. The highest BCUT2D eigenvalue weighted by Crippen LogP contribution is 2.40. The standard InChI is InChI=1S/C19H18N2OS/c1-13(14-7-3-2-4-8-14)23-19-20-17-10-6-5-9-16(17)18(22)21(19)15-11-12-15/h2-10,13,15H,11-12H2,1H3/t13-/m0/s1. The SMILES string of the molecule is C[C@H](Sc1nc2ccccc2c(=O)n1C1CC1)c1ccccc1. The van der Waals surface area contributed by atoms with Crippen molar-refractivity contribution in [1.82, 2.24) is 9.55 Å². The van der Waals surface area contributed by atoms with Crippen LogP contribution in [-0.4, -0.2) is 9.55 Å². The van der Waals surface area contributed by atoms with Crippen LogP contribution >= 0.6 is 11.8 Å². The van der Waals surface area contributed by atoms with Gasteiger partial charge in [-0.1, -0.05) is 54.2 Å². The van der Waals surface area contributed by atoms with Crippen molar-refractivity contribution in [3.63, 3.8) is 0 Å². The van der Waals surface area contributed by atoms with Gasteiger partial charge in [0.15, 0.2) is 5.16 Å². The van der Waals surface area contributed by atoms with Crippen molar-refractivity contribution in [3.05, 3.63) is 70.5 Å². The third-order valence-electron chi connectivity index (χ3n) is 4.24. The van der Waals surface area contributed by atoms with Crippen molar-refractivity contribution in [2.24, 2.45) is 0 Å². The highest BCUT2D eigenvalue weighted by molar-refractivity contribution is 7.99. The molecular formula is C19H18N2OS. The van der Waals surface area contributed by atoms with E-state index in [1.165, 1.54) is 5.56 Å². The number of thioether (sulfide) groups is 1. The number of fused-ring (bicyclic) bond motifs is 1. The summed E-state index contributed by atoms with van der Waals surface area (Å²) in [6.45, 7) is 2.17. The third-order valence-corrected chi connectivity index (χ3v) is 5.36. The monoisotopic (exact) mass is 322 g/mol. The molecule has 1 fully saturated rings. The summed E-state index contributed by atoms with van der Waals surface area (Å²) >= 11 is 1.67. The molecule has 0 saturated heterocycles. The van der Waals surface area contributed by atoms with E-state index < -0.39 is 0 Å². The Kier molecular flexibility index (Phi) is 3.69. The number of rotatable bonds is 4. The van der Waals surface area contributed by atoms with Crippen LogP contribution < -0.4 is 5.56 Å². The smallest absolute Gasteiger partial charge is 0.262 e. The van der Waals surface area contributed by atoms with E-state index in [2.05, 4.69) is 19.1 Å². The lowest BCUT2D eigenvalue weighted by molar-refractivity contribution is 0.617. The van der Waals surface area contributed by atoms with E-state index in [0.29, 0.717) is 6.04 Å². The molecule has 3 aromatic rings. The van der Waals surface area contributed by atoms with Gasteiger partial charge in [0.05, 0.1) is 10.9 Å². The Morgan fingerprint density at radius 3 is 2.52 bits per heavy atom. The summed E-state index contributed by atoms with van der Waals surface area (Å²) in [7, 11) is 0. The van der Waals surface area contributed by atoms with Crippen LogP contribution in [0.3, 0.4) is 0 Å². The molecule has 0 aliphatic heterocycles. The largest absolute Gasteiger partial charge is 0.284 e. The summed E-state index contributed by atoms with van der Waals surface area (Å²) in [6.07, 6.45) is 2.15. The fraction of sp³-hybridized carbons (Fsp3) is 0.263. The molecule has 1 saturated carbocycles. The van der Waals surface area contributed by atoms with Crippen LogP contribution in [0.4, 0.5) is 0 Å². The van der Waals surface area contributed by atoms with Crippen LogP contribution in [-0.2, 0) is 0 Å². The minimum Gasteiger partial charge on any atom is -0.284 e. The van der Waals surface area contributed by atoms with Gasteiger partial charge in [-0.2, -0.15) is 0 Å². The molecule has 0 amide bonds. The molecule has 0 spiro atoms. The molecule has 3 nitrogen and oxygen atoms in total. The number of para-hydroxylation sites is 1. The van der Waals surface area contributed by atoms with Gasteiger partial charge in [-0.15, -0.1) is 0 Å². The summed E-state index contributed by atoms with van der Waals surface area (Å²) in [4.78, 5) is 17.6. The van der Waals surface area contributed by atoms with E-state index in [1.54, 1.807) is 11.8 Å². The number of benzene rings is 2. The van der Waals surface area contributed by atoms with E-state index in [0.717, 1.165) is 28.9 Å². The Hall–Kier alpha value is -2.07. The summed E-state index contributed by atoms with van der Waals surface area (Å²) in [6, 6.07) is 18.3. The number of hydrogen-bond acceptors (Lipinski definition) is 3. The van der Waals surface area contributed by atoms with Gasteiger partial charge in [-0.3, -0.25) is 9.36 Å². The van der Waals surface area contributed by atoms with Gasteiger partial charge in [0, 0.05) is 11.3 Å². The van der Waals surface area contributed by atoms with Crippen LogP contribution in [0.25, 0.3) is 10.9 Å². The molecule has 23 heavy (non-hydrogen) atoms. The maximum Gasteiger partial charge on any atom is 0.262 e. The zero-order chi connectivity index (χ0) is 15.8. The Morgan fingerprint density at radius 2 is 1.78 bits per heavy atom. The molecule has 0 radical (unpaired) electrons. The molecule has 2 aromatic carbocycles. The van der Waals surface area contributed by atoms with Crippen molar-refractivity contribution < 1.29 is 0 Å². The molecule has 0 unspecified atom stereocenters. The van der Waals surface area contributed by atoms with Crippen LogP contribution in [0.5, 0.6) is 0 Å². The fourth-order valence-electron chi connectivity index (χ4n) is 2.81. The Balaban J connectivity index is 1.79. The molecule has 1 aliphatic rings. The molecule has 1 atom stereocenters. The first kappa shape index (κ1) is 14.5. The zero-order valence-electron chi connectivity index (χ0n) is 13.0. The van der Waals surface area contributed by atoms with E-state index in [9.17, 15) is 4.79 Å². The van der Waals surface area contributed by atoms with Crippen molar-refractivity contribution in [2.45, 2.75) is 36.2 Å². The van der Waals surface area contributed by atoms with Crippen molar-refractivity contribution in [1.29, 1.82) is 0 Å². The molecule has 0 bridgehead atoms. The van der Waals surface area contributed by atoms with Crippen molar-refractivity contribution in [2.75, 3.05) is 0 Å². The van der Waals surface area contributed by atoms with E-state index in [-0.39, 0.29) is 10.8 Å². The first-order valence-corrected chi connectivity index (χ1v) is 8.85. The maximum atomic E-state index is 12.9. The van der Waals surface area contributed by atoms with Gasteiger partial charge in [0.1, 0.15) is 0 Å². The maximum absolute atomic E-state index is 12.9. The van der Waals surface area contributed by atoms with Gasteiger partial charge < -0.3 is 0 Å². The molecule has 1 heterocycles. The zero-order valence-corrected chi connectivity index (χ0v) is 13.8.